The van der Waals surface area contributed by atoms with Crippen LogP contribution in [0.3, 0.4) is 0 Å². The lowest BCUT2D eigenvalue weighted by molar-refractivity contribution is 0.356. The van der Waals surface area contributed by atoms with Crippen LogP contribution in [0.15, 0.2) is 0 Å². The largest absolute Gasteiger partial charge is 0.100 e. The van der Waals surface area contributed by atoms with E-state index < -0.39 is 0 Å². The molecule has 0 radical (unpaired) electrons. The van der Waals surface area contributed by atoms with Crippen molar-refractivity contribution in [1.29, 1.82) is 0 Å². The molecule has 0 saturated carbocycles. The van der Waals surface area contributed by atoms with E-state index in [-0.39, 0.29) is 0 Å². The number of rotatable bonds is 17. The molecule has 0 aromatic rings. The highest BCUT2D eigenvalue weighted by Gasteiger charge is 2.08. The molecule has 0 aromatic heterocycles. The molecule has 0 amide bonds. The minimum Gasteiger partial charge on any atom is -0.100 e. The second-order valence-electron chi connectivity index (χ2n) is 8.50. The van der Waals surface area contributed by atoms with Gasteiger partial charge in [-0.05, 0) is 32.4 Å². The summed E-state index contributed by atoms with van der Waals surface area (Å²) < 4.78 is 0. The molecule has 0 heterocycles. The standard InChI is InChI=1S/C21H44ClP/c1-21(2,3)19-17-15-13-11-9-7-5-4-6-8-10-12-14-16-18-20-23-22/h23H,4-20H2,1-3H3. The third-order valence-corrected chi connectivity index (χ3v) is 5.81. The van der Waals surface area contributed by atoms with Crippen molar-refractivity contribution in [3.63, 3.8) is 0 Å². The van der Waals surface area contributed by atoms with E-state index in [0.717, 1.165) is 0 Å². The third kappa shape index (κ3) is 22.7. The van der Waals surface area contributed by atoms with Crippen LogP contribution < -0.4 is 0 Å². The maximum Gasteiger partial charge on any atom is -0.0214 e. The Morgan fingerprint density at radius 3 is 1.13 bits per heavy atom. The summed E-state index contributed by atoms with van der Waals surface area (Å²) in [5.41, 5.74) is 0.532. The van der Waals surface area contributed by atoms with Gasteiger partial charge in [-0.15, -0.1) is 11.2 Å². The molecule has 0 aliphatic heterocycles. The first-order valence-corrected chi connectivity index (χ1v) is 12.6. The summed E-state index contributed by atoms with van der Waals surface area (Å²) in [6, 6.07) is 0. The van der Waals surface area contributed by atoms with Gasteiger partial charge in [0, 0.05) is 0 Å². The fraction of sp³-hybridized carbons (Fsp3) is 1.00. The van der Waals surface area contributed by atoms with E-state index in [4.69, 9.17) is 11.2 Å². The Hall–Kier alpha value is 0.720. The second-order valence-corrected chi connectivity index (χ2v) is 10.1. The molecule has 0 fully saturated rings. The van der Waals surface area contributed by atoms with Gasteiger partial charge in [-0.2, -0.15) is 0 Å². The zero-order valence-electron chi connectivity index (χ0n) is 16.4. The van der Waals surface area contributed by atoms with E-state index in [1.807, 2.05) is 0 Å². The fourth-order valence-electron chi connectivity index (χ4n) is 3.15. The lowest BCUT2D eigenvalue weighted by Gasteiger charge is -2.17. The van der Waals surface area contributed by atoms with E-state index in [2.05, 4.69) is 20.8 Å². The smallest absolute Gasteiger partial charge is 0.0214 e. The van der Waals surface area contributed by atoms with Crippen LogP contribution in [0.2, 0.25) is 0 Å². The van der Waals surface area contributed by atoms with Crippen molar-refractivity contribution in [3.05, 3.63) is 0 Å². The normalized spacial score (nSPS) is 12.5. The summed E-state index contributed by atoms with van der Waals surface area (Å²) >= 11 is 5.71. The van der Waals surface area contributed by atoms with Crippen molar-refractivity contribution in [3.8, 4) is 0 Å². The lowest BCUT2D eigenvalue weighted by Crippen LogP contribution is -2.03. The number of hydrogen-bond donors (Lipinski definition) is 0. The maximum absolute atomic E-state index is 5.71. The van der Waals surface area contributed by atoms with E-state index in [0.29, 0.717) is 13.3 Å². The fourth-order valence-corrected chi connectivity index (χ4v) is 3.93. The van der Waals surface area contributed by atoms with Crippen LogP contribution in [-0.4, -0.2) is 6.16 Å². The van der Waals surface area contributed by atoms with Gasteiger partial charge < -0.3 is 0 Å². The van der Waals surface area contributed by atoms with Crippen LogP contribution in [0, 0.1) is 5.41 Å². The van der Waals surface area contributed by atoms with Gasteiger partial charge in [-0.1, -0.05) is 111 Å². The molecule has 0 N–H and O–H groups in total. The van der Waals surface area contributed by atoms with Gasteiger partial charge in [-0.3, -0.25) is 0 Å². The van der Waals surface area contributed by atoms with Crippen LogP contribution in [0.1, 0.15) is 124 Å². The Morgan fingerprint density at radius 2 is 0.826 bits per heavy atom. The number of halogens is 1. The van der Waals surface area contributed by atoms with Gasteiger partial charge in [-0.25, -0.2) is 0 Å². The van der Waals surface area contributed by atoms with Crippen molar-refractivity contribution in [1.82, 2.24) is 0 Å². The molecule has 0 saturated heterocycles. The average Bonchev–Trinajstić information content (AvgIpc) is 2.49. The first kappa shape index (κ1) is 23.7. The molecule has 0 spiro atoms. The van der Waals surface area contributed by atoms with Crippen LogP contribution in [0.4, 0.5) is 0 Å². The summed E-state index contributed by atoms with van der Waals surface area (Å²) in [5.74, 6) is 0. The molecule has 1 atom stereocenters. The van der Waals surface area contributed by atoms with Crippen molar-refractivity contribution in [2.24, 2.45) is 5.41 Å². The van der Waals surface area contributed by atoms with E-state index in [1.165, 1.54) is 109 Å². The van der Waals surface area contributed by atoms with Gasteiger partial charge in [0.1, 0.15) is 0 Å². The Kier molecular flexibility index (Phi) is 18.1. The molecule has 1 unspecified atom stereocenters. The van der Waals surface area contributed by atoms with Crippen LogP contribution in [0.5, 0.6) is 0 Å². The molecule has 0 bridgehead atoms. The first-order chi connectivity index (χ1) is 11.1. The Bertz CT molecular complexity index is 222. The predicted molar refractivity (Wildman–Crippen MR) is 112 cm³/mol. The SMILES string of the molecule is CC(C)(C)CCCCCCCCCCCCCCCCCPCl. The monoisotopic (exact) mass is 362 g/mol. The minimum absolute atomic E-state index is 0.532. The van der Waals surface area contributed by atoms with Gasteiger partial charge in [0.05, 0.1) is 0 Å². The quantitative estimate of drug-likeness (QED) is 0.179. The second kappa shape index (κ2) is 17.5. The van der Waals surface area contributed by atoms with Gasteiger partial charge in [0.2, 0.25) is 0 Å². The van der Waals surface area contributed by atoms with Crippen molar-refractivity contribution >= 4 is 19.2 Å². The summed E-state index contributed by atoms with van der Waals surface area (Å²) in [7, 11) is 0.638. The number of unbranched alkanes of at least 4 members (excludes halogenated alkanes) is 14. The summed E-state index contributed by atoms with van der Waals surface area (Å²) in [4.78, 5) is 0. The molecule has 0 aromatic carbocycles. The minimum atomic E-state index is 0.532. The summed E-state index contributed by atoms with van der Waals surface area (Å²) in [5, 5.41) is 0. The highest BCUT2D eigenvalue weighted by atomic mass is 35.7. The predicted octanol–water partition coefficient (Wildman–Crippen LogP) is 9.11. The van der Waals surface area contributed by atoms with Gasteiger partial charge in [0.15, 0.2) is 0 Å². The van der Waals surface area contributed by atoms with Crippen LogP contribution in [0.25, 0.3) is 0 Å². The molecule has 0 aliphatic carbocycles. The summed E-state index contributed by atoms with van der Waals surface area (Å²) in [6.07, 6.45) is 24.3. The first-order valence-electron chi connectivity index (χ1n) is 10.4. The molecular weight excluding hydrogens is 319 g/mol. The van der Waals surface area contributed by atoms with E-state index in [1.54, 1.807) is 0 Å². The van der Waals surface area contributed by atoms with Crippen molar-refractivity contribution in [2.45, 2.75) is 124 Å². The molecular formula is C21H44ClP. The zero-order chi connectivity index (χ0) is 17.2. The average molecular weight is 363 g/mol. The van der Waals surface area contributed by atoms with Crippen LogP contribution in [-0.2, 0) is 0 Å². The summed E-state index contributed by atoms with van der Waals surface area (Å²) in [6.45, 7) is 7.07. The molecule has 0 nitrogen and oxygen atoms in total. The van der Waals surface area contributed by atoms with E-state index in [9.17, 15) is 0 Å². The molecule has 23 heavy (non-hydrogen) atoms. The molecule has 140 valence electrons. The van der Waals surface area contributed by atoms with Gasteiger partial charge >= 0.3 is 0 Å². The highest BCUT2D eigenvalue weighted by molar-refractivity contribution is 7.68. The molecule has 2 heteroatoms. The van der Waals surface area contributed by atoms with Gasteiger partial charge in [0.25, 0.3) is 0 Å². The Balaban J connectivity index is 3.00. The zero-order valence-corrected chi connectivity index (χ0v) is 18.2. The Labute approximate surface area is 154 Å². The third-order valence-electron chi connectivity index (χ3n) is 4.70. The maximum atomic E-state index is 5.71. The van der Waals surface area contributed by atoms with Crippen molar-refractivity contribution in [2.75, 3.05) is 6.16 Å². The molecule has 0 aliphatic rings. The van der Waals surface area contributed by atoms with Crippen molar-refractivity contribution < 1.29 is 0 Å². The number of hydrogen-bond acceptors (Lipinski definition) is 0. The Morgan fingerprint density at radius 1 is 0.522 bits per heavy atom. The van der Waals surface area contributed by atoms with E-state index >= 15 is 0 Å². The van der Waals surface area contributed by atoms with Crippen LogP contribution >= 0.6 is 19.2 Å². The lowest BCUT2D eigenvalue weighted by atomic mass is 9.89. The topological polar surface area (TPSA) is 0 Å². The molecule has 0 rings (SSSR count). The highest BCUT2D eigenvalue weighted by Crippen LogP contribution is 2.23.